The molecule has 0 unspecified atom stereocenters. The Kier molecular flexibility index (Phi) is 5.33. The number of aryl methyl sites for hydroxylation is 2. The molecule has 2 aromatic carbocycles. The Morgan fingerprint density at radius 1 is 1.09 bits per heavy atom. The van der Waals surface area contributed by atoms with Crippen LogP contribution >= 0.6 is 23.2 Å². The highest BCUT2D eigenvalue weighted by molar-refractivity contribution is 6.31. The fourth-order valence-corrected chi connectivity index (χ4v) is 2.31. The minimum atomic E-state index is -0.639. The van der Waals surface area contributed by atoms with Crippen LogP contribution in [0, 0.1) is 13.8 Å². The molecule has 0 saturated carbocycles. The number of carbonyl (C=O) groups is 1. The maximum absolute atomic E-state index is 12.2. The fourth-order valence-electron chi connectivity index (χ4n) is 1.90. The Balaban J connectivity index is 2.04. The Morgan fingerprint density at radius 2 is 1.82 bits per heavy atom. The fraction of sp³-hybridized carbons (Fsp3) is 0.235. The average molecular weight is 338 g/mol. The van der Waals surface area contributed by atoms with Crippen molar-refractivity contribution in [1.29, 1.82) is 0 Å². The molecule has 0 saturated heterocycles. The molecule has 1 amide bonds. The van der Waals surface area contributed by atoms with E-state index in [2.05, 4.69) is 5.32 Å². The number of rotatable bonds is 4. The molecule has 22 heavy (non-hydrogen) atoms. The van der Waals surface area contributed by atoms with Crippen molar-refractivity contribution in [2.45, 2.75) is 26.9 Å². The third-order valence-corrected chi connectivity index (χ3v) is 3.89. The van der Waals surface area contributed by atoms with Crippen LogP contribution in [0.2, 0.25) is 10.0 Å². The normalized spacial score (nSPS) is 11.9. The molecule has 0 radical (unpaired) electrons. The maximum atomic E-state index is 12.2. The van der Waals surface area contributed by atoms with Crippen molar-refractivity contribution in [3.05, 3.63) is 57.6 Å². The Hall–Kier alpha value is -1.71. The molecule has 2 aromatic rings. The van der Waals surface area contributed by atoms with E-state index in [1.54, 1.807) is 37.3 Å². The SMILES string of the molecule is Cc1ccc(NC(=O)[C@H](C)Oc2ccc(Cl)cc2C)cc1Cl. The third kappa shape index (κ3) is 4.15. The van der Waals surface area contributed by atoms with Crippen molar-refractivity contribution in [3.63, 3.8) is 0 Å². The second-order valence-electron chi connectivity index (χ2n) is 5.12. The number of amides is 1. The standard InChI is InChI=1S/C17H17Cl2NO2/c1-10-4-6-14(9-15(10)19)20-17(21)12(3)22-16-7-5-13(18)8-11(16)2/h4-9,12H,1-3H3,(H,20,21)/t12-/m0/s1. The van der Waals surface area contributed by atoms with Gasteiger partial charge in [0.05, 0.1) is 0 Å². The van der Waals surface area contributed by atoms with Gasteiger partial charge in [-0.2, -0.15) is 0 Å². The summed E-state index contributed by atoms with van der Waals surface area (Å²) in [5.41, 5.74) is 2.48. The number of halogens is 2. The molecule has 116 valence electrons. The monoisotopic (exact) mass is 337 g/mol. The van der Waals surface area contributed by atoms with Crippen LogP contribution in [-0.2, 0) is 4.79 Å². The van der Waals surface area contributed by atoms with Gasteiger partial charge in [0.25, 0.3) is 5.91 Å². The molecule has 3 nitrogen and oxygen atoms in total. The van der Waals surface area contributed by atoms with E-state index in [1.165, 1.54) is 0 Å². The van der Waals surface area contributed by atoms with Crippen LogP contribution in [0.15, 0.2) is 36.4 Å². The zero-order valence-electron chi connectivity index (χ0n) is 12.6. The average Bonchev–Trinajstić information content (AvgIpc) is 2.45. The number of hydrogen-bond donors (Lipinski definition) is 1. The maximum Gasteiger partial charge on any atom is 0.265 e. The molecular weight excluding hydrogens is 321 g/mol. The molecule has 0 aliphatic rings. The largest absolute Gasteiger partial charge is 0.481 e. The van der Waals surface area contributed by atoms with Gasteiger partial charge in [-0.25, -0.2) is 0 Å². The van der Waals surface area contributed by atoms with Crippen LogP contribution in [0.1, 0.15) is 18.1 Å². The molecule has 0 aromatic heterocycles. The second-order valence-corrected chi connectivity index (χ2v) is 5.97. The molecule has 2 rings (SSSR count). The van der Waals surface area contributed by atoms with Crippen molar-refractivity contribution >= 4 is 34.8 Å². The number of hydrogen-bond acceptors (Lipinski definition) is 2. The molecule has 0 bridgehead atoms. The zero-order valence-corrected chi connectivity index (χ0v) is 14.1. The highest BCUT2D eigenvalue weighted by atomic mass is 35.5. The lowest BCUT2D eigenvalue weighted by atomic mass is 10.2. The number of anilines is 1. The van der Waals surface area contributed by atoms with E-state index in [-0.39, 0.29) is 5.91 Å². The van der Waals surface area contributed by atoms with E-state index in [9.17, 15) is 4.79 Å². The summed E-state index contributed by atoms with van der Waals surface area (Å²) in [5, 5.41) is 4.03. The molecular formula is C17H17Cl2NO2. The highest BCUT2D eigenvalue weighted by Gasteiger charge is 2.16. The summed E-state index contributed by atoms with van der Waals surface area (Å²) in [6, 6.07) is 10.7. The first-order valence-corrected chi connectivity index (χ1v) is 7.62. The predicted molar refractivity (Wildman–Crippen MR) is 91.1 cm³/mol. The molecule has 0 aliphatic carbocycles. The zero-order chi connectivity index (χ0) is 16.3. The van der Waals surface area contributed by atoms with Gasteiger partial charge in [0.1, 0.15) is 5.75 Å². The molecule has 1 atom stereocenters. The smallest absolute Gasteiger partial charge is 0.265 e. The first-order valence-electron chi connectivity index (χ1n) is 6.86. The van der Waals surface area contributed by atoms with Gasteiger partial charge in [0, 0.05) is 15.7 Å². The second kappa shape index (κ2) is 7.03. The molecule has 0 heterocycles. The molecule has 0 aliphatic heterocycles. The van der Waals surface area contributed by atoms with Gasteiger partial charge in [0.15, 0.2) is 6.10 Å². The lowest BCUT2D eigenvalue weighted by Crippen LogP contribution is -2.30. The van der Waals surface area contributed by atoms with E-state index in [0.717, 1.165) is 11.1 Å². The number of benzene rings is 2. The lowest BCUT2D eigenvalue weighted by molar-refractivity contribution is -0.122. The summed E-state index contributed by atoms with van der Waals surface area (Å²) >= 11 is 12.0. The number of carbonyl (C=O) groups excluding carboxylic acids is 1. The quantitative estimate of drug-likeness (QED) is 0.850. The van der Waals surface area contributed by atoms with Gasteiger partial charge in [-0.1, -0.05) is 29.3 Å². The summed E-state index contributed by atoms with van der Waals surface area (Å²) in [4.78, 5) is 12.2. The van der Waals surface area contributed by atoms with E-state index >= 15 is 0 Å². The van der Waals surface area contributed by atoms with Gasteiger partial charge in [-0.15, -0.1) is 0 Å². The van der Waals surface area contributed by atoms with Gasteiger partial charge >= 0.3 is 0 Å². The lowest BCUT2D eigenvalue weighted by Gasteiger charge is -2.16. The minimum absolute atomic E-state index is 0.241. The van der Waals surface area contributed by atoms with Gasteiger partial charge in [-0.05, 0) is 62.2 Å². The summed E-state index contributed by atoms with van der Waals surface area (Å²) in [5.74, 6) is 0.392. The van der Waals surface area contributed by atoms with Crippen LogP contribution in [0.3, 0.4) is 0 Å². The minimum Gasteiger partial charge on any atom is -0.481 e. The van der Waals surface area contributed by atoms with Gasteiger partial charge in [-0.3, -0.25) is 4.79 Å². The van der Waals surface area contributed by atoms with E-state index in [4.69, 9.17) is 27.9 Å². The van der Waals surface area contributed by atoms with Gasteiger partial charge < -0.3 is 10.1 Å². The van der Waals surface area contributed by atoms with Crippen molar-refractivity contribution in [2.75, 3.05) is 5.32 Å². The summed E-state index contributed by atoms with van der Waals surface area (Å²) in [6.07, 6.45) is -0.639. The van der Waals surface area contributed by atoms with Crippen LogP contribution in [0.5, 0.6) is 5.75 Å². The van der Waals surface area contributed by atoms with Crippen molar-refractivity contribution in [2.24, 2.45) is 0 Å². The van der Waals surface area contributed by atoms with E-state index in [0.29, 0.717) is 21.5 Å². The first-order chi connectivity index (χ1) is 10.4. The molecule has 5 heteroatoms. The Morgan fingerprint density at radius 3 is 2.45 bits per heavy atom. The predicted octanol–water partition coefficient (Wildman–Crippen LogP) is 5.02. The van der Waals surface area contributed by atoms with Crippen LogP contribution in [-0.4, -0.2) is 12.0 Å². The number of ether oxygens (including phenoxy) is 1. The Bertz CT molecular complexity index is 701. The van der Waals surface area contributed by atoms with E-state index in [1.807, 2.05) is 19.9 Å². The number of nitrogens with one attached hydrogen (secondary N) is 1. The topological polar surface area (TPSA) is 38.3 Å². The summed E-state index contributed by atoms with van der Waals surface area (Å²) < 4.78 is 5.68. The third-order valence-electron chi connectivity index (χ3n) is 3.25. The van der Waals surface area contributed by atoms with Crippen molar-refractivity contribution in [3.8, 4) is 5.75 Å². The summed E-state index contributed by atoms with van der Waals surface area (Å²) in [6.45, 7) is 5.48. The highest BCUT2D eigenvalue weighted by Crippen LogP contribution is 2.24. The molecule has 0 fully saturated rings. The molecule has 1 N–H and O–H groups in total. The first kappa shape index (κ1) is 16.7. The van der Waals surface area contributed by atoms with Crippen LogP contribution in [0.4, 0.5) is 5.69 Å². The van der Waals surface area contributed by atoms with Crippen LogP contribution < -0.4 is 10.1 Å². The van der Waals surface area contributed by atoms with E-state index < -0.39 is 6.10 Å². The summed E-state index contributed by atoms with van der Waals surface area (Å²) in [7, 11) is 0. The van der Waals surface area contributed by atoms with Gasteiger partial charge in [0.2, 0.25) is 0 Å². The molecule has 0 spiro atoms. The van der Waals surface area contributed by atoms with Crippen LogP contribution in [0.25, 0.3) is 0 Å². The Labute approximate surface area is 140 Å². The van der Waals surface area contributed by atoms with Crippen molar-refractivity contribution in [1.82, 2.24) is 0 Å². The van der Waals surface area contributed by atoms with Crippen molar-refractivity contribution < 1.29 is 9.53 Å².